The number of nitriles is 1. The van der Waals surface area contributed by atoms with E-state index in [9.17, 15) is 29.5 Å². The molecule has 13 nitrogen and oxygen atoms in total. The Bertz CT molecular complexity index is 2750. The van der Waals surface area contributed by atoms with Crippen molar-refractivity contribution in [3.63, 3.8) is 0 Å². The molecule has 1 unspecified atom stereocenters. The first kappa shape index (κ1) is 49.5. The topological polar surface area (TPSA) is 175 Å². The first-order chi connectivity index (χ1) is 33.0. The quantitative estimate of drug-likeness (QED) is 0.0712. The summed E-state index contributed by atoms with van der Waals surface area (Å²) in [4.78, 5) is 70.5. The minimum Gasteiger partial charge on any atom is -0.391 e. The smallest absolute Gasteiger partial charge is 0.246 e. The van der Waals surface area contributed by atoms with E-state index < -0.39 is 29.0 Å². The zero-order valence-electron chi connectivity index (χ0n) is 41.3. The lowest BCUT2D eigenvalue weighted by Crippen LogP contribution is -2.57. The van der Waals surface area contributed by atoms with Crippen LogP contribution in [0.5, 0.6) is 0 Å². The predicted octanol–water partition coefficient (Wildman–Crippen LogP) is 8.18. The zero-order chi connectivity index (χ0) is 49.2. The number of aromatic amines is 1. The second-order valence-corrected chi connectivity index (χ2v) is 21.7. The number of H-pyrrole nitrogens is 1. The fourth-order valence-corrected chi connectivity index (χ4v) is 11.3. The van der Waals surface area contributed by atoms with Gasteiger partial charge in [-0.15, -0.1) is 11.3 Å². The maximum absolute atomic E-state index is 14.1. The van der Waals surface area contributed by atoms with Crippen LogP contribution in [0, 0.1) is 23.7 Å². The van der Waals surface area contributed by atoms with Crippen molar-refractivity contribution in [2.45, 2.75) is 130 Å². The molecule has 2 fully saturated rings. The number of β-amino-alcohol motifs (C(OH)–C–C–N with tert-alkyl or cyclic N) is 1. The summed E-state index contributed by atoms with van der Waals surface area (Å²) >= 11 is 1.59. The summed E-state index contributed by atoms with van der Waals surface area (Å²) < 4.78 is 0. The van der Waals surface area contributed by atoms with E-state index in [0.29, 0.717) is 12.0 Å². The van der Waals surface area contributed by atoms with Crippen molar-refractivity contribution in [1.29, 1.82) is 5.26 Å². The Balaban J connectivity index is 0.766. The molecule has 0 bridgehead atoms. The van der Waals surface area contributed by atoms with Crippen molar-refractivity contribution >= 4 is 51.4 Å². The Kier molecular flexibility index (Phi) is 14.8. The largest absolute Gasteiger partial charge is 0.391 e. The molecular weight excluding hydrogens is 885 g/mol. The normalized spacial score (nSPS) is 18.4. The van der Waals surface area contributed by atoms with Crippen LogP contribution in [-0.2, 0) is 32.8 Å². The average molecular weight is 953 g/mol. The van der Waals surface area contributed by atoms with E-state index in [4.69, 9.17) is 0 Å². The molecule has 8 rings (SSSR count). The molecule has 14 heteroatoms. The number of piperazine rings is 1. The molecule has 2 saturated heterocycles. The molecule has 0 saturated carbocycles. The van der Waals surface area contributed by atoms with Gasteiger partial charge in [0, 0.05) is 85.4 Å². The Labute approximate surface area is 410 Å². The number of aliphatic hydroxyl groups excluding tert-OH is 1. The number of hydrogen-bond acceptors (Lipinski definition) is 10. The van der Waals surface area contributed by atoms with E-state index in [1.54, 1.807) is 17.4 Å². The molecule has 3 atom stereocenters. The van der Waals surface area contributed by atoms with Crippen LogP contribution in [0.15, 0.2) is 60.1 Å². The third-order valence-electron chi connectivity index (χ3n) is 14.6. The Morgan fingerprint density at radius 2 is 1.72 bits per heavy atom. The molecule has 69 heavy (non-hydrogen) atoms. The number of amides is 3. The van der Waals surface area contributed by atoms with Crippen molar-refractivity contribution in [2.75, 3.05) is 44.2 Å². The predicted molar refractivity (Wildman–Crippen MR) is 272 cm³/mol. The van der Waals surface area contributed by atoms with E-state index in [0.717, 1.165) is 126 Å². The van der Waals surface area contributed by atoms with Gasteiger partial charge in [-0.2, -0.15) is 5.26 Å². The number of carbonyl (C=O) groups excluding carboxylic acids is 4. The third kappa shape index (κ3) is 10.5. The first-order valence-electron chi connectivity index (χ1n) is 24.8. The van der Waals surface area contributed by atoms with Gasteiger partial charge in [0.1, 0.15) is 12.1 Å². The minimum absolute atomic E-state index is 0.0368. The molecule has 0 radical (unpaired) electrons. The van der Waals surface area contributed by atoms with Gasteiger partial charge in [0.25, 0.3) is 0 Å². The van der Waals surface area contributed by atoms with Crippen molar-refractivity contribution < 1.29 is 24.3 Å². The Hall–Kier alpha value is -5.88. The SMILES string of the molecule is CCc1cc2c(cc1N1CCN(CCCCCCCC(=O)NC(C(=O)N3C[C@H](O)C[C@H]3C(=O)NCc3ccc(-c4scnc4C)cc3)C(C)(C)C)CC1)C(C)(C)c1[nH]c3cc(C#N)ccc3c1C2=O. The van der Waals surface area contributed by atoms with Gasteiger partial charge in [0.2, 0.25) is 17.7 Å². The number of ketones is 1. The summed E-state index contributed by atoms with van der Waals surface area (Å²) in [5, 5.41) is 27.0. The number of rotatable bonds is 16. The van der Waals surface area contributed by atoms with Crippen LogP contribution in [0.2, 0.25) is 0 Å². The zero-order valence-corrected chi connectivity index (χ0v) is 42.2. The number of aryl methyl sites for hydroxylation is 2. The Morgan fingerprint density at radius 1 is 1.00 bits per heavy atom. The van der Waals surface area contributed by atoms with E-state index >= 15 is 0 Å². The summed E-state index contributed by atoms with van der Waals surface area (Å²) in [5.74, 6) is -0.821. The molecule has 1 aliphatic carbocycles. The van der Waals surface area contributed by atoms with Crippen molar-refractivity contribution in [3.8, 4) is 16.5 Å². The van der Waals surface area contributed by atoms with Gasteiger partial charge in [-0.05, 0) is 84.7 Å². The highest BCUT2D eigenvalue weighted by Crippen LogP contribution is 2.46. The summed E-state index contributed by atoms with van der Waals surface area (Å²) in [6.45, 7) is 19.3. The fourth-order valence-electron chi connectivity index (χ4n) is 10.5. The molecule has 3 amide bonds. The molecule has 2 aromatic heterocycles. The Morgan fingerprint density at radius 3 is 2.41 bits per heavy atom. The van der Waals surface area contributed by atoms with Crippen LogP contribution >= 0.6 is 11.3 Å². The highest BCUT2D eigenvalue weighted by Gasteiger charge is 2.45. The van der Waals surface area contributed by atoms with Crippen molar-refractivity contribution in [3.05, 3.63) is 105 Å². The van der Waals surface area contributed by atoms with E-state index in [1.165, 1.54) is 16.2 Å². The lowest BCUT2D eigenvalue weighted by atomic mass is 9.70. The highest BCUT2D eigenvalue weighted by atomic mass is 32.1. The molecule has 4 heterocycles. The summed E-state index contributed by atoms with van der Waals surface area (Å²) in [6.07, 6.45) is 5.28. The van der Waals surface area contributed by atoms with Crippen LogP contribution < -0.4 is 15.5 Å². The molecule has 3 aromatic carbocycles. The number of hydrogen-bond donors (Lipinski definition) is 4. The molecule has 3 aliphatic rings. The van der Waals surface area contributed by atoms with Crippen LogP contribution in [0.1, 0.15) is 136 Å². The molecule has 0 spiro atoms. The van der Waals surface area contributed by atoms with Crippen LogP contribution in [-0.4, -0.2) is 106 Å². The molecular formula is C55H68N8O5S. The number of anilines is 1. The van der Waals surface area contributed by atoms with Crippen LogP contribution in [0.4, 0.5) is 5.69 Å². The maximum Gasteiger partial charge on any atom is 0.246 e. The van der Waals surface area contributed by atoms with Gasteiger partial charge in [-0.25, -0.2) is 4.98 Å². The molecule has 2 aliphatic heterocycles. The number of nitrogens with one attached hydrogen (secondary N) is 3. The number of aromatic nitrogens is 2. The average Bonchev–Trinajstić information content (AvgIpc) is 4.07. The molecule has 364 valence electrons. The summed E-state index contributed by atoms with van der Waals surface area (Å²) in [7, 11) is 0. The van der Waals surface area contributed by atoms with Gasteiger partial charge in [0.15, 0.2) is 5.78 Å². The molecule has 4 N–H and O–H groups in total. The number of nitrogens with zero attached hydrogens (tertiary/aromatic N) is 5. The standard InChI is InChI=1S/C55H68N8O5S/c1-8-37-27-41-42(55(6,7)50-47(48(41)66)40-20-17-36(30-56)26-43(40)59-50)29-44(37)62-24-22-61(23-25-62)21-13-11-9-10-12-14-46(65)60-51(54(3,4)5)53(68)63-32-39(64)28-45(63)52(67)57-31-35-15-18-38(19-16-35)49-34(2)58-33-69-49/h15-20,26-27,29,33,39,45,51,59,64H,8-14,21-25,28,31-32H2,1-7H3,(H,57,67)(H,60,65)/t39-,45+,51?/m1/s1. The number of unbranched alkanes of at least 4 members (excludes halogenated alkanes) is 4. The van der Waals surface area contributed by atoms with Gasteiger partial charge in [-0.1, -0.05) is 91.1 Å². The lowest BCUT2D eigenvalue weighted by Gasteiger charge is -2.39. The second kappa shape index (κ2) is 20.6. The van der Waals surface area contributed by atoms with E-state index in [-0.39, 0.29) is 43.0 Å². The lowest BCUT2D eigenvalue weighted by molar-refractivity contribution is -0.144. The van der Waals surface area contributed by atoms with Crippen LogP contribution in [0.25, 0.3) is 21.3 Å². The number of thiazole rings is 1. The van der Waals surface area contributed by atoms with E-state index in [2.05, 4.69) is 69.4 Å². The first-order valence-corrected chi connectivity index (χ1v) is 25.7. The van der Waals surface area contributed by atoms with Gasteiger partial charge < -0.3 is 30.5 Å². The van der Waals surface area contributed by atoms with Crippen molar-refractivity contribution in [1.82, 2.24) is 30.4 Å². The number of aliphatic hydroxyl groups is 1. The maximum atomic E-state index is 14.1. The fraction of sp³-hybridized carbons (Fsp3) is 0.491. The number of likely N-dealkylation sites (tertiary alicyclic amines) is 1. The van der Waals surface area contributed by atoms with Gasteiger partial charge in [0.05, 0.1) is 39.4 Å². The monoisotopic (exact) mass is 953 g/mol. The number of fused-ring (bicyclic) bond motifs is 4. The van der Waals surface area contributed by atoms with Crippen molar-refractivity contribution in [2.24, 2.45) is 5.41 Å². The number of carbonyl (C=O) groups is 4. The van der Waals surface area contributed by atoms with Gasteiger partial charge in [-0.3, -0.25) is 24.1 Å². The third-order valence-corrected chi connectivity index (χ3v) is 15.6. The molecule has 5 aromatic rings. The van der Waals surface area contributed by atoms with Crippen LogP contribution in [0.3, 0.4) is 0 Å². The minimum atomic E-state index is -0.848. The van der Waals surface area contributed by atoms with E-state index in [1.807, 2.05) is 69.6 Å². The highest BCUT2D eigenvalue weighted by molar-refractivity contribution is 7.13. The second-order valence-electron chi connectivity index (χ2n) is 20.9. The van der Waals surface area contributed by atoms with Gasteiger partial charge >= 0.3 is 0 Å². The summed E-state index contributed by atoms with van der Waals surface area (Å²) in [5.41, 5.74) is 11.0. The summed E-state index contributed by atoms with van der Waals surface area (Å²) in [6, 6.07) is 18.4. The number of benzene rings is 3.